The molecule has 2 amide bonds. The van der Waals surface area contributed by atoms with Crippen molar-refractivity contribution in [1.82, 2.24) is 10.6 Å². The molecule has 0 saturated carbocycles. The van der Waals surface area contributed by atoms with Crippen molar-refractivity contribution in [3.63, 3.8) is 0 Å². The smallest absolute Gasteiger partial charge is 0.329 e. The van der Waals surface area contributed by atoms with E-state index in [4.69, 9.17) is 0 Å². The molecule has 118 valence electrons. The second-order valence-corrected chi connectivity index (χ2v) is 6.32. The van der Waals surface area contributed by atoms with Crippen LogP contribution in [0.1, 0.15) is 23.2 Å². The Morgan fingerprint density at radius 1 is 1.14 bits per heavy atom. The van der Waals surface area contributed by atoms with Gasteiger partial charge in [-0.15, -0.1) is 0 Å². The fourth-order valence-corrected chi connectivity index (χ4v) is 3.47. The number of carboxylic acids is 1. The lowest BCUT2D eigenvalue weighted by molar-refractivity contribution is -0.147. The average molecular weight is 322 g/mol. The summed E-state index contributed by atoms with van der Waals surface area (Å²) < 4.78 is 0. The molecule has 1 heterocycles. The number of carbonyl (C=O) groups excluding carboxylic acids is 2. The summed E-state index contributed by atoms with van der Waals surface area (Å²) in [6.45, 7) is -0.240. The number of carbonyl (C=O) groups is 3. The maximum absolute atomic E-state index is 12.0. The van der Waals surface area contributed by atoms with Gasteiger partial charge in [0.25, 0.3) is 5.91 Å². The molecule has 1 aliphatic rings. The van der Waals surface area contributed by atoms with Gasteiger partial charge in [-0.25, -0.2) is 4.79 Å². The Labute approximate surface area is 132 Å². The van der Waals surface area contributed by atoms with Crippen LogP contribution in [0, 0.1) is 0 Å². The second kappa shape index (κ2) is 7.31. The van der Waals surface area contributed by atoms with Gasteiger partial charge < -0.3 is 15.7 Å². The van der Waals surface area contributed by atoms with Crippen molar-refractivity contribution in [2.45, 2.75) is 18.4 Å². The van der Waals surface area contributed by atoms with Gasteiger partial charge in [0.2, 0.25) is 5.91 Å². The molecule has 0 bridgehead atoms. The van der Waals surface area contributed by atoms with Crippen LogP contribution in [0.5, 0.6) is 0 Å². The monoisotopic (exact) mass is 322 g/mol. The summed E-state index contributed by atoms with van der Waals surface area (Å²) in [4.78, 5) is 35.3. The van der Waals surface area contributed by atoms with E-state index in [1.807, 2.05) is 0 Å². The summed E-state index contributed by atoms with van der Waals surface area (Å²) in [5.74, 6) is -0.472. The van der Waals surface area contributed by atoms with Crippen LogP contribution in [-0.2, 0) is 9.59 Å². The van der Waals surface area contributed by atoms with Crippen molar-refractivity contribution in [1.29, 1.82) is 0 Å². The molecule has 6 nitrogen and oxygen atoms in total. The third kappa shape index (κ3) is 4.00. The molecule has 2 rings (SSSR count). The zero-order valence-electron chi connectivity index (χ0n) is 12.0. The Hall–Kier alpha value is -2.02. The van der Waals surface area contributed by atoms with Crippen LogP contribution in [0.3, 0.4) is 0 Å². The molecule has 22 heavy (non-hydrogen) atoms. The third-order valence-corrected chi connectivity index (χ3v) is 4.57. The zero-order chi connectivity index (χ0) is 16.0. The summed E-state index contributed by atoms with van der Waals surface area (Å²) >= 11 is 1.67. The van der Waals surface area contributed by atoms with E-state index in [0.717, 1.165) is 0 Å². The van der Waals surface area contributed by atoms with Gasteiger partial charge >= 0.3 is 5.97 Å². The molecular formula is C15H18N2O4S. The molecule has 1 saturated heterocycles. The van der Waals surface area contributed by atoms with Gasteiger partial charge in [-0.3, -0.25) is 9.59 Å². The van der Waals surface area contributed by atoms with E-state index in [1.54, 1.807) is 42.1 Å². The lowest BCUT2D eigenvalue weighted by Gasteiger charge is -2.33. The number of thioether (sulfide) groups is 1. The lowest BCUT2D eigenvalue weighted by atomic mass is 9.92. The first-order valence-corrected chi connectivity index (χ1v) is 8.14. The number of rotatable bonds is 5. The standard InChI is InChI=1S/C15H18N2O4S/c18-12(10-16-13(19)11-4-2-1-3-5-11)17-15(14(20)21)6-8-22-9-7-15/h1-5H,6-10H2,(H,16,19)(H,17,18)(H,20,21). The van der Waals surface area contributed by atoms with Crippen molar-refractivity contribution < 1.29 is 19.5 Å². The minimum atomic E-state index is -1.21. The van der Waals surface area contributed by atoms with E-state index >= 15 is 0 Å². The lowest BCUT2D eigenvalue weighted by Crippen LogP contribution is -2.58. The molecule has 0 unspecified atom stereocenters. The summed E-state index contributed by atoms with van der Waals surface area (Å²) in [6.07, 6.45) is 0.788. The summed E-state index contributed by atoms with van der Waals surface area (Å²) in [6, 6.07) is 8.54. The van der Waals surface area contributed by atoms with Gasteiger partial charge in [0, 0.05) is 5.56 Å². The predicted octanol–water partition coefficient (Wildman–Crippen LogP) is 0.883. The van der Waals surface area contributed by atoms with Crippen LogP contribution < -0.4 is 10.6 Å². The fraction of sp³-hybridized carbons (Fsp3) is 0.400. The SMILES string of the molecule is O=C(CNC(=O)c1ccccc1)NC1(C(=O)O)CCSCC1. The van der Waals surface area contributed by atoms with Crippen molar-refractivity contribution in [2.75, 3.05) is 18.1 Å². The molecule has 1 aliphatic heterocycles. The quantitative estimate of drug-likeness (QED) is 0.748. The molecule has 0 radical (unpaired) electrons. The van der Waals surface area contributed by atoms with Crippen molar-refractivity contribution in [3.05, 3.63) is 35.9 Å². The second-order valence-electron chi connectivity index (χ2n) is 5.10. The molecular weight excluding hydrogens is 304 g/mol. The average Bonchev–Trinajstić information content (AvgIpc) is 2.54. The van der Waals surface area contributed by atoms with E-state index in [-0.39, 0.29) is 12.5 Å². The minimum Gasteiger partial charge on any atom is -0.480 e. The highest BCUT2D eigenvalue weighted by atomic mass is 32.2. The summed E-state index contributed by atoms with van der Waals surface area (Å²) in [5.41, 5.74) is -0.753. The largest absolute Gasteiger partial charge is 0.480 e. The zero-order valence-corrected chi connectivity index (χ0v) is 12.8. The van der Waals surface area contributed by atoms with Crippen LogP contribution in [0.2, 0.25) is 0 Å². The topological polar surface area (TPSA) is 95.5 Å². The van der Waals surface area contributed by atoms with Gasteiger partial charge in [0.15, 0.2) is 0 Å². The molecule has 0 atom stereocenters. The molecule has 1 aromatic rings. The van der Waals surface area contributed by atoms with Crippen molar-refractivity contribution in [2.24, 2.45) is 0 Å². The van der Waals surface area contributed by atoms with E-state index in [2.05, 4.69) is 10.6 Å². The molecule has 3 N–H and O–H groups in total. The number of benzene rings is 1. The van der Waals surface area contributed by atoms with Crippen molar-refractivity contribution >= 4 is 29.5 Å². The Morgan fingerprint density at radius 3 is 2.36 bits per heavy atom. The molecule has 7 heteroatoms. The Balaban J connectivity index is 1.89. The number of aliphatic carboxylic acids is 1. The third-order valence-electron chi connectivity index (χ3n) is 3.58. The first-order valence-electron chi connectivity index (χ1n) is 6.99. The Morgan fingerprint density at radius 2 is 1.77 bits per heavy atom. The number of carboxylic acid groups (broad SMARTS) is 1. The Kier molecular flexibility index (Phi) is 5.43. The van der Waals surface area contributed by atoms with Gasteiger partial charge in [0.05, 0.1) is 6.54 Å². The van der Waals surface area contributed by atoms with Crippen LogP contribution in [0.25, 0.3) is 0 Å². The van der Waals surface area contributed by atoms with Gasteiger partial charge in [-0.2, -0.15) is 11.8 Å². The molecule has 0 aromatic heterocycles. The first kappa shape index (κ1) is 16.4. The van der Waals surface area contributed by atoms with Gasteiger partial charge in [0.1, 0.15) is 5.54 Å². The van der Waals surface area contributed by atoms with Crippen LogP contribution >= 0.6 is 11.8 Å². The number of nitrogens with one attached hydrogen (secondary N) is 2. The minimum absolute atomic E-state index is 0.240. The van der Waals surface area contributed by atoms with Gasteiger partial charge in [-0.05, 0) is 36.5 Å². The highest BCUT2D eigenvalue weighted by Crippen LogP contribution is 2.27. The summed E-state index contributed by atoms with van der Waals surface area (Å²) in [5, 5.41) is 14.4. The number of hydrogen-bond donors (Lipinski definition) is 3. The first-order chi connectivity index (χ1) is 10.5. The van der Waals surface area contributed by atoms with E-state index in [1.165, 1.54) is 0 Å². The Bertz CT molecular complexity index is 556. The van der Waals surface area contributed by atoms with Crippen LogP contribution in [0.4, 0.5) is 0 Å². The highest BCUT2D eigenvalue weighted by Gasteiger charge is 2.41. The van der Waals surface area contributed by atoms with Crippen molar-refractivity contribution in [3.8, 4) is 0 Å². The van der Waals surface area contributed by atoms with E-state index in [0.29, 0.717) is 29.9 Å². The number of amides is 2. The molecule has 0 spiro atoms. The fourth-order valence-electron chi connectivity index (χ4n) is 2.28. The normalized spacial score (nSPS) is 16.5. The maximum atomic E-state index is 12.0. The van der Waals surface area contributed by atoms with Gasteiger partial charge in [-0.1, -0.05) is 18.2 Å². The maximum Gasteiger partial charge on any atom is 0.329 e. The van der Waals surface area contributed by atoms with Crippen LogP contribution in [-0.4, -0.2) is 46.5 Å². The predicted molar refractivity (Wildman–Crippen MR) is 83.8 cm³/mol. The molecule has 1 fully saturated rings. The molecule has 0 aliphatic carbocycles. The van der Waals surface area contributed by atoms with E-state index < -0.39 is 17.4 Å². The number of hydrogen-bond acceptors (Lipinski definition) is 4. The highest BCUT2D eigenvalue weighted by molar-refractivity contribution is 7.99. The summed E-state index contributed by atoms with van der Waals surface area (Å²) in [7, 11) is 0. The van der Waals surface area contributed by atoms with E-state index in [9.17, 15) is 19.5 Å². The molecule has 1 aromatic carbocycles. The van der Waals surface area contributed by atoms with Crippen LogP contribution in [0.15, 0.2) is 30.3 Å².